The standard InChI is InChI=1S/C17H24ClN5O3.HI/c1-3-19-16(20-8-9-23-15(24)12-21-17(23)25)22(2)10-11-26-14-6-4-13(18)5-7-14;/h4-7H,3,8-12H2,1-2H3,(H,19,20)(H,21,25);1H. The van der Waals surface area contributed by atoms with E-state index < -0.39 is 0 Å². The average Bonchev–Trinajstić information content (AvgIpc) is 2.94. The lowest BCUT2D eigenvalue weighted by atomic mass is 10.3. The van der Waals surface area contributed by atoms with Crippen LogP contribution in [0.2, 0.25) is 5.02 Å². The average molecular weight is 510 g/mol. The van der Waals surface area contributed by atoms with Gasteiger partial charge in [-0.1, -0.05) is 11.6 Å². The molecule has 27 heavy (non-hydrogen) atoms. The molecule has 0 aliphatic carbocycles. The van der Waals surface area contributed by atoms with E-state index in [0.29, 0.717) is 37.2 Å². The largest absolute Gasteiger partial charge is 0.492 e. The molecule has 1 aliphatic rings. The van der Waals surface area contributed by atoms with E-state index in [4.69, 9.17) is 16.3 Å². The SMILES string of the molecule is CCNC(=NCCN1C(=O)CNC1=O)N(C)CCOc1ccc(Cl)cc1.I. The Morgan fingerprint density at radius 3 is 2.67 bits per heavy atom. The van der Waals surface area contributed by atoms with Crippen LogP contribution in [0.5, 0.6) is 5.75 Å². The summed E-state index contributed by atoms with van der Waals surface area (Å²) in [6.45, 7) is 4.45. The molecule has 10 heteroatoms. The number of ether oxygens (including phenoxy) is 1. The summed E-state index contributed by atoms with van der Waals surface area (Å²) < 4.78 is 5.68. The van der Waals surface area contributed by atoms with Crippen LogP contribution in [0.25, 0.3) is 0 Å². The highest BCUT2D eigenvalue weighted by Gasteiger charge is 2.27. The van der Waals surface area contributed by atoms with E-state index in [9.17, 15) is 9.59 Å². The van der Waals surface area contributed by atoms with Crippen LogP contribution in [0.1, 0.15) is 6.92 Å². The van der Waals surface area contributed by atoms with Crippen LogP contribution in [0, 0.1) is 0 Å². The second-order valence-corrected chi connectivity index (χ2v) is 6.10. The van der Waals surface area contributed by atoms with Gasteiger partial charge < -0.3 is 20.3 Å². The molecule has 1 aliphatic heterocycles. The maximum Gasteiger partial charge on any atom is 0.324 e. The molecule has 0 bridgehead atoms. The van der Waals surface area contributed by atoms with Gasteiger partial charge in [0.25, 0.3) is 0 Å². The Hall–Kier alpha value is -1.75. The molecule has 0 radical (unpaired) electrons. The van der Waals surface area contributed by atoms with Crippen LogP contribution in [-0.2, 0) is 4.79 Å². The Kier molecular flexibility index (Phi) is 10.2. The van der Waals surface area contributed by atoms with Gasteiger partial charge >= 0.3 is 6.03 Å². The molecular weight excluding hydrogens is 485 g/mol. The molecule has 8 nitrogen and oxygen atoms in total. The number of benzene rings is 1. The highest BCUT2D eigenvalue weighted by atomic mass is 127. The smallest absolute Gasteiger partial charge is 0.324 e. The summed E-state index contributed by atoms with van der Waals surface area (Å²) in [6, 6.07) is 6.84. The van der Waals surface area contributed by atoms with Gasteiger partial charge in [0.15, 0.2) is 5.96 Å². The molecule has 0 saturated carbocycles. The predicted molar refractivity (Wildman–Crippen MR) is 116 cm³/mol. The molecule has 0 unspecified atom stereocenters. The molecule has 2 N–H and O–H groups in total. The Labute approximate surface area is 181 Å². The molecule has 0 aromatic heterocycles. The maximum atomic E-state index is 11.6. The lowest BCUT2D eigenvalue weighted by Crippen LogP contribution is -2.41. The van der Waals surface area contributed by atoms with Crippen molar-refractivity contribution < 1.29 is 14.3 Å². The Balaban J connectivity index is 0.00000364. The van der Waals surface area contributed by atoms with E-state index in [1.54, 1.807) is 12.1 Å². The minimum atomic E-state index is -0.361. The van der Waals surface area contributed by atoms with Crippen LogP contribution in [0.15, 0.2) is 29.3 Å². The van der Waals surface area contributed by atoms with Gasteiger partial charge in [-0.15, -0.1) is 24.0 Å². The number of guanidine groups is 1. The van der Waals surface area contributed by atoms with Crippen LogP contribution in [0.3, 0.4) is 0 Å². The first kappa shape index (κ1) is 23.3. The normalized spacial score (nSPS) is 13.9. The number of rotatable bonds is 8. The van der Waals surface area contributed by atoms with E-state index in [1.807, 2.05) is 31.0 Å². The van der Waals surface area contributed by atoms with E-state index in [1.165, 1.54) is 4.90 Å². The summed E-state index contributed by atoms with van der Waals surface area (Å²) in [7, 11) is 1.90. The number of imide groups is 1. The monoisotopic (exact) mass is 509 g/mol. The molecule has 3 amide bonds. The van der Waals surface area contributed by atoms with Crippen molar-refractivity contribution in [2.75, 3.05) is 46.4 Å². The van der Waals surface area contributed by atoms with Gasteiger partial charge in [-0.05, 0) is 31.2 Å². The summed E-state index contributed by atoms with van der Waals surface area (Å²) in [5.41, 5.74) is 0. The number of halogens is 2. The number of aliphatic imine (C=N–C) groups is 1. The Bertz CT molecular complexity index is 640. The quantitative estimate of drug-likeness (QED) is 0.242. The fourth-order valence-electron chi connectivity index (χ4n) is 2.34. The van der Waals surface area contributed by atoms with Gasteiger partial charge in [0.1, 0.15) is 12.4 Å². The highest BCUT2D eigenvalue weighted by Crippen LogP contribution is 2.15. The van der Waals surface area contributed by atoms with Crippen LogP contribution in [-0.4, -0.2) is 74.1 Å². The van der Waals surface area contributed by atoms with Crippen LogP contribution in [0.4, 0.5) is 4.79 Å². The number of urea groups is 1. The number of carbonyl (C=O) groups excluding carboxylic acids is 2. The number of nitrogens with zero attached hydrogens (tertiary/aromatic N) is 3. The number of nitrogens with one attached hydrogen (secondary N) is 2. The molecule has 2 rings (SSSR count). The molecule has 1 heterocycles. The number of hydrogen-bond donors (Lipinski definition) is 2. The van der Waals surface area contributed by atoms with Crippen molar-refractivity contribution in [2.45, 2.75) is 6.92 Å². The fourth-order valence-corrected chi connectivity index (χ4v) is 2.47. The lowest BCUT2D eigenvalue weighted by molar-refractivity contribution is -0.124. The predicted octanol–water partition coefficient (Wildman–Crippen LogP) is 1.79. The highest BCUT2D eigenvalue weighted by molar-refractivity contribution is 14.0. The van der Waals surface area contributed by atoms with Crippen molar-refractivity contribution in [3.63, 3.8) is 0 Å². The zero-order chi connectivity index (χ0) is 18.9. The summed E-state index contributed by atoms with van der Waals surface area (Å²) in [5.74, 6) is 1.22. The summed E-state index contributed by atoms with van der Waals surface area (Å²) in [6.07, 6.45) is 0. The van der Waals surface area contributed by atoms with Gasteiger partial charge in [0.2, 0.25) is 5.91 Å². The maximum absolute atomic E-state index is 11.6. The zero-order valence-corrected chi connectivity index (χ0v) is 18.5. The topological polar surface area (TPSA) is 86.3 Å². The minimum absolute atomic E-state index is 0. The van der Waals surface area contributed by atoms with Gasteiger partial charge in [0.05, 0.1) is 26.2 Å². The van der Waals surface area contributed by atoms with Crippen molar-refractivity contribution >= 4 is 53.5 Å². The molecule has 1 aromatic carbocycles. The van der Waals surface area contributed by atoms with Gasteiger partial charge in [0, 0.05) is 18.6 Å². The number of amides is 3. The van der Waals surface area contributed by atoms with Crippen molar-refractivity contribution in [1.29, 1.82) is 0 Å². The minimum Gasteiger partial charge on any atom is -0.492 e. The fraction of sp³-hybridized carbons (Fsp3) is 0.471. The summed E-state index contributed by atoms with van der Waals surface area (Å²) in [4.78, 5) is 30.7. The third kappa shape index (κ3) is 7.41. The van der Waals surface area contributed by atoms with Crippen molar-refractivity contribution in [1.82, 2.24) is 20.4 Å². The van der Waals surface area contributed by atoms with E-state index >= 15 is 0 Å². The first-order valence-electron chi connectivity index (χ1n) is 8.47. The second kappa shape index (κ2) is 11.9. The molecular formula is C17H25ClIN5O3. The molecule has 150 valence electrons. The lowest BCUT2D eigenvalue weighted by Gasteiger charge is -2.22. The number of hydrogen-bond acceptors (Lipinski definition) is 4. The molecule has 0 atom stereocenters. The van der Waals surface area contributed by atoms with Gasteiger partial charge in [-0.25, -0.2) is 4.79 Å². The van der Waals surface area contributed by atoms with Crippen LogP contribution >= 0.6 is 35.6 Å². The molecule has 1 saturated heterocycles. The van der Waals surface area contributed by atoms with Gasteiger partial charge in [-0.3, -0.25) is 14.7 Å². The Morgan fingerprint density at radius 1 is 1.37 bits per heavy atom. The first-order valence-corrected chi connectivity index (χ1v) is 8.85. The summed E-state index contributed by atoms with van der Waals surface area (Å²) in [5, 5.41) is 6.34. The van der Waals surface area contributed by atoms with E-state index in [-0.39, 0.29) is 49.0 Å². The van der Waals surface area contributed by atoms with Crippen molar-refractivity contribution in [3.8, 4) is 5.75 Å². The zero-order valence-electron chi connectivity index (χ0n) is 15.4. The second-order valence-electron chi connectivity index (χ2n) is 5.66. The summed E-state index contributed by atoms with van der Waals surface area (Å²) >= 11 is 5.85. The van der Waals surface area contributed by atoms with E-state index in [2.05, 4.69) is 15.6 Å². The molecule has 0 spiro atoms. The Morgan fingerprint density at radius 2 is 2.07 bits per heavy atom. The van der Waals surface area contributed by atoms with Crippen LogP contribution < -0.4 is 15.4 Å². The number of likely N-dealkylation sites (N-methyl/N-ethyl adjacent to an activating group) is 1. The third-order valence-corrected chi connectivity index (χ3v) is 3.98. The van der Waals surface area contributed by atoms with Gasteiger partial charge in [-0.2, -0.15) is 0 Å². The first-order chi connectivity index (χ1) is 12.5. The van der Waals surface area contributed by atoms with Crippen molar-refractivity contribution in [3.05, 3.63) is 29.3 Å². The number of carbonyl (C=O) groups is 2. The van der Waals surface area contributed by atoms with Crippen molar-refractivity contribution in [2.24, 2.45) is 4.99 Å². The van der Waals surface area contributed by atoms with E-state index in [0.717, 1.165) is 5.75 Å². The molecule has 1 fully saturated rings. The third-order valence-electron chi connectivity index (χ3n) is 3.73. The molecule has 1 aromatic rings.